The summed E-state index contributed by atoms with van der Waals surface area (Å²) in [5, 5.41) is 0. The quantitative estimate of drug-likeness (QED) is 0.316. The average molecular weight is 449 g/mol. The first-order valence-electron chi connectivity index (χ1n) is 12.1. The van der Waals surface area contributed by atoms with Crippen LogP contribution in [-0.2, 0) is 6.42 Å². The first-order valence-corrected chi connectivity index (χ1v) is 12.1. The molecule has 0 nitrogen and oxygen atoms in total. The molecule has 172 valence electrons. The third kappa shape index (κ3) is 5.40. The summed E-state index contributed by atoms with van der Waals surface area (Å²) in [5.74, 6) is -1.40. The number of halogens is 3. The van der Waals surface area contributed by atoms with E-state index in [1.54, 1.807) is 42.5 Å². The van der Waals surface area contributed by atoms with Gasteiger partial charge in [0.15, 0.2) is 11.6 Å². The summed E-state index contributed by atoms with van der Waals surface area (Å²) in [4.78, 5) is 0. The molecular weight excluding hydrogens is 417 g/mol. The smallest absolute Gasteiger partial charge is 0.166 e. The Morgan fingerprint density at radius 2 is 1.42 bits per heavy atom. The second-order valence-electron chi connectivity index (χ2n) is 8.97. The Hall–Kier alpha value is -2.81. The molecular formula is C30H31F3. The number of hydrogen-bond donors (Lipinski definition) is 0. The van der Waals surface area contributed by atoms with Gasteiger partial charge in [-0.15, -0.1) is 0 Å². The van der Waals surface area contributed by atoms with Crippen LogP contribution in [0.4, 0.5) is 13.2 Å². The number of hydrogen-bond acceptors (Lipinski definition) is 0. The Morgan fingerprint density at radius 3 is 2.09 bits per heavy atom. The van der Waals surface area contributed by atoms with E-state index < -0.39 is 11.6 Å². The Labute approximate surface area is 195 Å². The Bertz CT molecular complexity index is 1110. The highest BCUT2D eigenvalue weighted by atomic mass is 19.2. The van der Waals surface area contributed by atoms with Crippen LogP contribution in [0.15, 0.2) is 66.7 Å². The van der Waals surface area contributed by atoms with Crippen molar-refractivity contribution in [1.29, 1.82) is 0 Å². The molecule has 4 rings (SSSR count). The van der Waals surface area contributed by atoms with Crippen LogP contribution in [0, 0.1) is 17.5 Å². The largest absolute Gasteiger partial charge is 0.206 e. The SMILES string of the molecule is CC/C=C/CCc1ccc(-c2ccc(-c3ccc(C4CCCCC4)cc3F)cc2)c(F)c1F. The number of aryl methyl sites for hydroxylation is 1. The maximum atomic E-state index is 14.9. The van der Waals surface area contributed by atoms with E-state index in [4.69, 9.17) is 0 Å². The van der Waals surface area contributed by atoms with Crippen molar-refractivity contribution in [2.45, 2.75) is 64.2 Å². The molecule has 0 saturated heterocycles. The van der Waals surface area contributed by atoms with Crippen LogP contribution in [0.1, 0.15) is 68.9 Å². The summed E-state index contributed by atoms with van der Waals surface area (Å²) >= 11 is 0. The van der Waals surface area contributed by atoms with Crippen LogP contribution in [-0.4, -0.2) is 0 Å². The van der Waals surface area contributed by atoms with E-state index in [0.29, 0.717) is 35.4 Å². The highest BCUT2D eigenvalue weighted by molar-refractivity contribution is 5.71. The Kier molecular flexibility index (Phi) is 7.69. The fourth-order valence-electron chi connectivity index (χ4n) is 4.81. The van der Waals surface area contributed by atoms with Crippen LogP contribution in [0.2, 0.25) is 0 Å². The van der Waals surface area contributed by atoms with E-state index in [1.165, 1.54) is 19.3 Å². The topological polar surface area (TPSA) is 0 Å². The molecule has 3 aromatic rings. The van der Waals surface area contributed by atoms with Gasteiger partial charge in [-0.2, -0.15) is 0 Å². The summed E-state index contributed by atoms with van der Waals surface area (Å²) < 4.78 is 44.3. The van der Waals surface area contributed by atoms with Crippen molar-refractivity contribution in [2.24, 2.45) is 0 Å². The van der Waals surface area contributed by atoms with Gasteiger partial charge in [0.1, 0.15) is 5.82 Å². The van der Waals surface area contributed by atoms with E-state index in [-0.39, 0.29) is 11.4 Å². The van der Waals surface area contributed by atoms with Crippen molar-refractivity contribution in [3.05, 3.63) is 95.3 Å². The third-order valence-electron chi connectivity index (χ3n) is 6.72. The van der Waals surface area contributed by atoms with Crippen LogP contribution < -0.4 is 0 Å². The van der Waals surface area contributed by atoms with Gasteiger partial charge in [-0.1, -0.05) is 86.9 Å². The van der Waals surface area contributed by atoms with Crippen molar-refractivity contribution in [2.75, 3.05) is 0 Å². The van der Waals surface area contributed by atoms with Crippen LogP contribution in [0.25, 0.3) is 22.3 Å². The standard InChI is InChI=1S/C30H31F3/c1-2-3-4-6-11-24-16-19-27(30(33)29(24)32)23-14-12-22(13-15-23)26-18-17-25(20-28(26)31)21-9-7-5-8-10-21/h3-4,12-21H,2,5-11H2,1H3/b4-3+. The lowest BCUT2D eigenvalue weighted by Gasteiger charge is -2.22. The van der Waals surface area contributed by atoms with Crippen molar-refractivity contribution in [3.8, 4) is 22.3 Å². The molecule has 0 atom stereocenters. The van der Waals surface area contributed by atoms with Crippen molar-refractivity contribution < 1.29 is 13.2 Å². The summed E-state index contributed by atoms with van der Waals surface area (Å²) in [5.41, 5.74) is 3.52. The highest BCUT2D eigenvalue weighted by Crippen LogP contribution is 2.35. The molecule has 1 saturated carbocycles. The van der Waals surface area contributed by atoms with Gasteiger partial charge in [-0.3, -0.25) is 0 Å². The minimum Gasteiger partial charge on any atom is -0.206 e. The van der Waals surface area contributed by atoms with E-state index in [1.807, 2.05) is 31.2 Å². The molecule has 0 N–H and O–H groups in total. The second kappa shape index (κ2) is 10.9. The first kappa shape index (κ1) is 23.4. The van der Waals surface area contributed by atoms with Crippen molar-refractivity contribution in [1.82, 2.24) is 0 Å². The average Bonchev–Trinajstić information content (AvgIpc) is 2.85. The van der Waals surface area contributed by atoms with Gasteiger partial charge in [0.25, 0.3) is 0 Å². The molecule has 1 aliphatic carbocycles. The minimum absolute atomic E-state index is 0.222. The second-order valence-corrected chi connectivity index (χ2v) is 8.97. The van der Waals surface area contributed by atoms with Crippen LogP contribution in [0.3, 0.4) is 0 Å². The molecule has 0 radical (unpaired) electrons. The zero-order chi connectivity index (χ0) is 23.2. The molecule has 33 heavy (non-hydrogen) atoms. The maximum Gasteiger partial charge on any atom is 0.166 e. The molecule has 0 unspecified atom stereocenters. The van der Waals surface area contributed by atoms with E-state index >= 15 is 0 Å². The summed E-state index contributed by atoms with van der Waals surface area (Å²) in [6.45, 7) is 2.04. The van der Waals surface area contributed by atoms with E-state index in [0.717, 1.165) is 30.4 Å². The molecule has 0 bridgehead atoms. The molecule has 1 aliphatic rings. The van der Waals surface area contributed by atoms with Gasteiger partial charge in [0.05, 0.1) is 0 Å². The van der Waals surface area contributed by atoms with Gasteiger partial charge < -0.3 is 0 Å². The van der Waals surface area contributed by atoms with Gasteiger partial charge in [-0.25, -0.2) is 13.2 Å². The molecule has 0 heterocycles. The lowest BCUT2D eigenvalue weighted by atomic mass is 9.83. The minimum atomic E-state index is -0.831. The maximum absolute atomic E-state index is 14.9. The zero-order valence-electron chi connectivity index (χ0n) is 19.2. The molecule has 0 amide bonds. The fraction of sp³-hybridized carbons (Fsp3) is 0.333. The number of benzene rings is 3. The summed E-state index contributed by atoms with van der Waals surface area (Å²) in [6, 6.07) is 15.8. The van der Waals surface area contributed by atoms with E-state index in [9.17, 15) is 13.2 Å². The lowest BCUT2D eigenvalue weighted by Crippen LogP contribution is -2.05. The Balaban J connectivity index is 1.52. The van der Waals surface area contributed by atoms with Gasteiger partial charge in [-0.05, 0) is 66.3 Å². The van der Waals surface area contributed by atoms with Gasteiger partial charge in [0, 0.05) is 11.1 Å². The molecule has 3 aromatic carbocycles. The zero-order valence-corrected chi connectivity index (χ0v) is 19.2. The molecule has 3 heteroatoms. The van der Waals surface area contributed by atoms with Crippen molar-refractivity contribution in [3.63, 3.8) is 0 Å². The van der Waals surface area contributed by atoms with E-state index in [2.05, 4.69) is 0 Å². The summed E-state index contributed by atoms with van der Waals surface area (Å²) in [6.07, 6.45) is 12.0. The Morgan fingerprint density at radius 1 is 0.758 bits per heavy atom. The fourth-order valence-corrected chi connectivity index (χ4v) is 4.81. The van der Waals surface area contributed by atoms with Crippen molar-refractivity contribution >= 4 is 0 Å². The monoisotopic (exact) mass is 448 g/mol. The molecule has 0 aliphatic heterocycles. The molecule has 0 aromatic heterocycles. The normalized spacial score (nSPS) is 14.8. The first-order chi connectivity index (χ1) is 16.1. The highest BCUT2D eigenvalue weighted by Gasteiger charge is 2.18. The third-order valence-corrected chi connectivity index (χ3v) is 6.72. The lowest BCUT2D eigenvalue weighted by molar-refractivity contribution is 0.442. The predicted molar refractivity (Wildman–Crippen MR) is 131 cm³/mol. The van der Waals surface area contributed by atoms with Crippen LogP contribution >= 0.6 is 0 Å². The summed E-state index contributed by atoms with van der Waals surface area (Å²) in [7, 11) is 0. The molecule has 0 spiro atoms. The molecule has 1 fully saturated rings. The number of rotatable bonds is 7. The number of allylic oxidation sites excluding steroid dienone is 2. The van der Waals surface area contributed by atoms with Crippen LogP contribution in [0.5, 0.6) is 0 Å². The van der Waals surface area contributed by atoms with Gasteiger partial charge in [0.2, 0.25) is 0 Å². The van der Waals surface area contributed by atoms with Gasteiger partial charge >= 0.3 is 0 Å². The predicted octanol–water partition coefficient (Wildman–Crippen LogP) is 9.38.